The van der Waals surface area contributed by atoms with Gasteiger partial charge in [0.1, 0.15) is 17.2 Å². The van der Waals surface area contributed by atoms with Crippen LogP contribution >= 0.6 is 22.7 Å². The summed E-state index contributed by atoms with van der Waals surface area (Å²) in [6.07, 6.45) is -4.49. The van der Waals surface area contributed by atoms with Crippen molar-refractivity contribution >= 4 is 40.2 Å². The van der Waals surface area contributed by atoms with Crippen molar-refractivity contribution < 1.29 is 22.8 Å². The van der Waals surface area contributed by atoms with E-state index in [-0.39, 0.29) is 16.9 Å². The molecule has 0 aliphatic heterocycles. The van der Waals surface area contributed by atoms with Gasteiger partial charge >= 0.3 is 6.18 Å². The first-order chi connectivity index (χ1) is 12.8. The van der Waals surface area contributed by atoms with Crippen LogP contribution in [-0.4, -0.2) is 29.5 Å². The molecule has 0 unspecified atom stereocenters. The maximum Gasteiger partial charge on any atom is 0.405 e. The Balaban J connectivity index is 1.67. The number of halogens is 3. The Morgan fingerprint density at radius 2 is 1.89 bits per heavy atom. The Labute approximate surface area is 159 Å². The average Bonchev–Trinajstić information content (AvgIpc) is 3.30. The van der Waals surface area contributed by atoms with Crippen molar-refractivity contribution in [3.8, 4) is 9.88 Å². The van der Waals surface area contributed by atoms with Crippen LogP contribution in [0, 0.1) is 0 Å². The summed E-state index contributed by atoms with van der Waals surface area (Å²) in [6.45, 7) is -1.42. The highest BCUT2D eigenvalue weighted by molar-refractivity contribution is 7.20. The number of carbonyl (C=O) groups excluding carboxylic acids is 2. The summed E-state index contributed by atoms with van der Waals surface area (Å²) in [7, 11) is 0. The second-order valence-electron chi connectivity index (χ2n) is 5.35. The van der Waals surface area contributed by atoms with Crippen molar-refractivity contribution in [3.63, 3.8) is 0 Å². The quantitative estimate of drug-likeness (QED) is 0.653. The summed E-state index contributed by atoms with van der Waals surface area (Å²) < 4.78 is 36.6. The lowest BCUT2D eigenvalue weighted by Gasteiger charge is -2.09. The topological polar surface area (TPSA) is 71.1 Å². The van der Waals surface area contributed by atoms with E-state index in [0.29, 0.717) is 0 Å². The van der Waals surface area contributed by atoms with Crippen LogP contribution in [0.5, 0.6) is 0 Å². The first kappa shape index (κ1) is 19.1. The van der Waals surface area contributed by atoms with Crippen LogP contribution in [0.2, 0.25) is 0 Å². The lowest BCUT2D eigenvalue weighted by Crippen LogP contribution is -2.33. The van der Waals surface area contributed by atoms with Gasteiger partial charge in [-0.15, -0.1) is 22.7 Å². The highest BCUT2D eigenvalue weighted by Crippen LogP contribution is 2.28. The summed E-state index contributed by atoms with van der Waals surface area (Å²) in [6, 6.07) is 9.45. The molecule has 2 aromatic heterocycles. The van der Waals surface area contributed by atoms with E-state index in [1.54, 1.807) is 10.7 Å². The fourth-order valence-corrected chi connectivity index (χ4v) is 3.72. The van der Waals surface area contributed by atoms with Gasteiger partial charge in [-0.25, -0.2) is 4.98 Å². The number of hydrogen-bond donors (Lipinski definition) is 2. The fraction of sp³-hybridized carbons (Fsp3) is 0.118. The predicted molar refractivity (Wildman–Crippen MR) is 98.2 cm³/mol. The molecule has 5 nitrogen and oxygen atoms in total. The zero-order valence-electron chi connectivity index (χ0n) is 13.5. The molecule has 27 heavy (non-hydrogen) atoms. The van der Waals surface area contributed by atoms with Gasteiger partial charge in [0.05, 0.1) is 4.88 Å². The second kappa shape index (κ2) is 7.89. The molecule has 2 N–H and O–H groups in total. The summed E-state index contributed by atoms with van der Waals surface area (Å²) in [5.74, 6) is -1.35. The maximum atomic E-state index is 12.3. The van der Waals surface area contributed by atoms with Crippen molar-refractivity contribution in [2.45, 2.75) is 6.18 Å². The van der Waals surface area contributed by atoms with Crippen LogP contribution in [0.4, 0.5) is 18.9 Å². The van der Waals surface area contributed by atoms with Gasteiger partial charge in [0.15, 0.2) is 0 Å². The molecular weight excluding hydrogens is 399 g/mol. The fourth-order valence-electron chi connectivity index (χ4n) is 2.11. The summed E-state index contributed by atoms with van der Waals surface area (Å²) in [5, 5.41) is 8.62. The number of aromatic nitrogens is 1. The van der Waals surface area contributed by atoms with E-state index in [1.165, 1.54) is 46.9 Å². The maximum absolute atomic E-state index is 12.3. The number of thiophene rings is 1. The van der Waals surface area contributed by atoms with E-state index in [2.05, 4.69) is 10.3 Å². The van der Waals surface area contributed by atoms with Crippen LogP contribution in [0.1, 0.15) is 20.8 Å². The zero-order chi connectivity index (χ0) is 19.4. The van der Waals surface area contributed by atoms with Gasteiger partial charge in [0, 0.05) is 16.6 Å². The van der Waals surface area contributed by atoms with Gasteiger partial charge in [0.25, 0.3) is 11.8 Å². The Hall–Kier alpha value is -2.72. The van der Waals surface area contributed by atoms with Crippen LogP contribution in [0.3, 0.4) is 0 Å². The van der Waals surface area contributed by atoms with E-state index in [9.17, 15) is 22.8 Å². The molecule has 0 saturated heterocycles. The standard InChI is InChI=1S/C17H12F3N3O2S2/c18-17(19,20)9-21-14(24)10-3-1-4-11(7-10)22-15(25)12-8-27-16(23-12)13-5-2-6-26-13/h1-8H,9H2,(H,21,24)(H,22,25). The third-order valence-corrected chi connectivity index (χ3v) is 5.18. The number of nitrogens with one attached hydrogen (secondary N) is 2. The second-order valence-corrected chi connectivity index (χ2v) is 7.15. The third kappa shape index (κ3) is 5.14. The van der Waals surface area contributed by atoms with Crippen LogP contribution < -0.4 is 10.6 Å². The number of rotatable bonds is 5. The van der Waals surface area contributed by atoms with Crippen LogP contribution in [0.15, 0.2) is 47.2 Å². The highest BCUT2D eigenvalue weighted by atomic mass is 32.1. The summed E-state index contributed by atoms with van der Waals surface area (Å²) in [4.78, 5) is 29.3. The van der Waals surface area contributed by atoms with Gasteiger partial charge in [-0.2, -0.15) is 13.2 Å². The molecule has 0 bridgehead atoms. The predicted octanol–water partition coefficient (Wildman–Crippen LogP) is 4.42. The van der Waals surface area contributed by atoms with Gasteiger partial charge < -0.3 is 10.6 Å². The molecule has 0 radical (unpaired) electrons. The highest BCUT2D eigenvalue weighted by Gasteiger charge is 2.28. The van der Waals surface area contributed by atoms with Gasteiger partial charge in [0.2, 0.25) is 0 Å². The van der Waals surface area contributed by atoms with Crippen molar-refractivity contribution in [2.24, 2.45) is 0 Å². The molecule has 0 fully saturated rings. The lowest BCUT2D eigenvalue weighted by molar-refractivity contribution is -0.123. The first-order valence-electron chi connectivity index (χ1n) is 7.57. The van der Waals surface area contributed by atoms with Crippen molar-refractivity contribution in [3.05, 3.63) is 58.4 Å². The molecule has 140 valence electrons. The molecule has 0 atom stereocenters. The molecule has 0 saturated carbocycles. The normalized spacial score (nSPS) is 11.2. The largest absolute Gasteiger partial charge is 0.405 e. The molecule has 0 spiro atoms. The molecular formula is C17H12F3N3O2S2. The number of anilines is 1. The van der Waals surface area contributed by atoms with Crippen LogP contribution in [-0.2, 0) is 0 Å². The molecule has 0 aliphatic carbocycles. The number of nitrogens with zero attached hydrogens (tertiary/aromatic N) is 1. The Bertz CT molecular complexity index is 952. The number of amides is 2. The zero-order valence-corrected chi connectivity index (χ0v) is 15.2. The number of benzene rings is 1. The van der Waals surface area contributed by atoms with E-state index in [4.69, 9.17) is 0 Å². The van der Waals surface area contributed by atoms with E-state index >= 15 is 0 Å². The Morgan fingerprint density at radius 1 is 1.07 bits per heavy atom. The van der Waals surface area contributed by atoms with Crippen LogP contribution in [0.25, 0.3) is 9.88 Å². The minimum Gasteiger partial charge on any atom is -0.343 e. The number of carbonyl (C=O) groups is 2. The molecule has 3 aromatic rings. The Morgan fingerprint density at radius 3 is 2.59 bits per heavy atom. The number of thiazole rings is 1. The lowest BCUT2D eigenvalue weighted by atomic mass is 10.2. The molecule has 3 rings (SSSR count). The monoisotopic (exact) mass is 411 g/mol. The number of alkyl halides is 3. The van der Waals surface area contributed by atoms with Gasteiger partial charge in [-0.05, 0) is 29.6 Å². The summed E-state index contributed by atoms with van der Waals surface area (Å²) in [5.41, 5.74) is 0.510. The third-order valence-electron chi connectivity index (χ3n) is 3.30. The molecule has 2 heterocycles. The van der Waals surface area contributed by atoms with Crippen molar-refractivity contribution in [1.82, 2.24) is 10.3 Å². The van der Waals surface area contributed by atoms with Gasteiger partial charge in [-0.1, -0.05) is 12.1 Å². The van der Waals surface area contributed by atoms with Crippen molar-refractivity contribution in [1.29, 1.82) is 0 Å². The smallest absolute Gasteiger partial charge is 0.343 e. The summed E-state index contributed by atoms with van der Waals surface area (Å²) >= 11 is 2.84. The molecule has 10 heteroatoms. The average molecular weight is 411 g/mol. The molecule has 2 amide bonds. The Kier molecular flexibility index (Phi) is 5.57. The minimum atomic E-state index is -4.49. The molecule has 0 aliphatic rings. The SMILES string of the molecule is O=C(NCC(F)(F)F)c1cccc(NC(=O)c2csc(-c3cccs3)n2)c1. The first-order valence-corrected chi connectivity index (χ1v) is 9.33. The number of hydrogen-bond acceptors (Lipinski definition) is 5. The molecule has 1 aromatic carbocycles. The van der Waals surface area contributed by atoms with E-state index < -0.39 is 24.5 Å². The van der Waals surface area contributed by atoms with E-state index in [1.807, 2.05) is 17.5 Å². The van der Waals surface area contributed by atoms with Gasteiger partial charge in [-0.3, -0.25) is 9.59 Å². The van der Waals surface area contributed by atoms with Crippen molar-refractivity contribution in [2.75, 3.05) is 11.9 Å². The van der Waals surface area contributed by atoms with E-state index in [0.717, 1.165) is 9.88 Å². The minimum absolute atomic E-state index is 0.00889.